The molecule has 0 unspecified atom stereocenters. The largest absolute Gasteiger partial charge is 0.477 e. The van der Waals surface area contributed by atoms with E-state index < -0.39 is 5.97 Å². The average molecular weight is 377 g/mol. The third-order valence-corrected chi connectivity index (χ3v) is 3.55. The lowest BCUT2D eigenvalue weighted by Gasteiger charge is -2.10. The van der Waals surface area contributed by atoms with Crippen LogP contribution in [0.3, 0.4) is 0 Å². The standard InChI is InChI=1S/C12H8Br2FNO2/c1-6-2-9(15)8(14)4-10(6)16-5-7(13)3-11(16)12(17)18/h2-5H,1H3,(H,17,18). The Morgan fingerprint density at radius 3 is 2.61 bits per heavy atom. The van der Waals surface area contributed by atoms with Crippen LogP contribution in [-0.4, -0.2) is 15.6 Å². The minimum Gasteiger partial charge on any atom is -0.477 e. The molecule has 0 aliphatic carbocycles. The Balaban J connectivity index is 2.69. The Kier molecular flexibility index (Phi) is 3.59. The molecule has 1 aromatic heterocycles. The van der Waals surface area contributed by atoms with Crippen molar-refractivity contribution in [3.05, 3.63) is 50.4 Å². The van der Waals surface area contributed by atoms with Crippen molar-refractivity contribution in [1.82, 2.24) is 4.57 Å². The summed E-state index contributed by atoms with van der Waals surface area (Å²) in [6, 6.07) is 4.42. The maximum Gasteiger partial charge on any atom is 0.352 e. The molecule has 1 aromatic carbocycles. The second-order valence-corrected chi connectivity index (χ2v) is 5.54. The normalized spacial score (nSPS) is 10.7. The van der Waals surface area contributed by atoms with Crippen molar-refractivity contribution in [2.75, 3.05) is 0 Å². The predicted molar refractivity (Wildman–Crippen MR) is 72.8 cm³/mol. The van der Waals surface area contributed by atoms with Crippen molar-refractivity contribution >= 4 is 37.8 Å². The minimum absolute atomic E-state index is 0.114. The van der Waals surface area contributed by atoms with Crippen molar-refractivity contribution in [3.63, 3.8) is 0 Å². The summed E-state index contributed by atoms with van der Waals surface area (Å²) in [4.78, 5) is 11.1. The van der Waals surface area contributed by atoms with Crippen LogP contribution in [0, 0.1) is 12.7 Å². The Morgan fingerprint density at radius 2 is 2.00 bits per heavy atom. The fourth-order valence-corrected chi connectivity index (χ4v) is 2.44. The van der Waals surface area contributed by atoms with Gasteiger partial charge in [-0.1, -0.05) is 0 Å². The Hall–Kier alpha value is -1.14. The van der Waals surface area contributed by atoms with Crippen LogP contribution in [-0.2, 0) is 0 Å². The summed E-state index contributed by atoms with van der Waals surface area (Å²) in [5, 5.41) is 9.13. The maximum atomic E-state index is 13.4. The molecular formula is C12H8Br2FNO2. The van der Waals surface area contributed by atoms with Gasteiger partial charge in [0, 0.05) is 10.7 Å². The third kappa shape index (κ3) is 2.35. The zero-order valence-electron chi connectivity index (χ0n) is 9.25. The highest BCUT2D eigenvalue weighted by Gasteiger charge is 2.15. The van der Waals surface area contributed by atoms with Crippen molar-refractivity contribution in [3.8, 4) is 5.69 Å². The lowest BCUT2D eigenvalue weighted by molar-refractivity contribution is 0.0688. The first-order valence-corrected chi connectivity index (χ1v) is 6.56. The van der Waals surface area contributed by atoms with Gasteiger partial charge in [0.25, 0.3) is 0 Å². The minimum atomic E-state index is -1.04. The zero-order chi connectivity index (χ0) is 13.4. The molecular weight excluding hydrogens is 369 g/mol. The quantitative estimate of drug-likeness (QED) is 0.855. The van der Waals surface area contributed by atoms with E-state index in [1.54, 1.807) is 19.2 Å². The van der Waals surface area contributed by atoms with Crippen LogP contribution in [0.25, 0.3) is 5.69 Å². The van der Waals surface area contributed by atoms with Gasteiger partial charge < -0.3 is 9.67 Å². The zero-order valence-corrected chi connectivity index (χ0v) is 12.4. The van der Waals surface area contributed by atoms with Crippen LogP contribution in [0.5, 0.6) is 0 Å². The summed E-state index contributed by atoms with van der Waals surface area (Å²) in [5.74, 6) is -1.42. The van der Waals surface area contributed by atoms with E-state index in [2.05, 4.69) is 31.9 Å². The van der Waals surface area contributed by atoms with Crippen LogP contribution >= 0.6 is 31.9 Å². The van der Waals surface area contributed by atoms with Gasteiger partial charge in [0.1, 0.15) is 11.5 Å². The number of nitrogens with zero attached hydrogens (tertiary/aromatic N) is 1. The van der Waals surface area contributed by atoms with Crippen molar-refractivity contribution in [2.45, 2.75) is 6.92 Å². The summed E-state index contributed by atoms with van der Waals surface area (Å²) in [6.07, 6.45) is 1.64. The molecule has 18 heavy (non-hydrogen) atoms. The Bertz CT molecular complexity index is 637. The molecule has 0 saturated carbocycles. The van der Waals surface area contributed by atoms with Gasteiger partial charge in [-0.25, -0.2) is 9.18 Å². The van der Waals surface area contributed by atoms with Gasteiger partial charge in [0.15, 0.2) is 0 Å². The van der Waals surface area contributed by atoms with Crippen LogP contribution < -0.4 is 0 Å². The molecule has 2 rings (SSSR count). The van der Waals surface area contributed by atoms with Crippen molar-refractivity contribution in [1.29, 1.82) is 0 Å². The monoisotopic (exact) mass is 375 g/mol. The lowest BCUT2D eigenvalue weighted by atomic mass is 10.2. The molecule has 0 atom stereocenters. The number of benzene rings is 1. The summed E-state index contributed by atoms with van der Waals surface area (Å²) in [5.41, 5.74) is 1.39. The molecule has 0 aliphatic heterocycles. The van der Waals surface area contributed by atoms with Crippen LogP contribution in [0.1, 0.15) is 16.1 Å². The summed E-state index contributed by atoms with van der Waals surface area (Å²) in [7, 11) is 0. The highest BCUT2D eigenvalue weighted by molar-refractivity contribution is 9.10. The first-order valence-electron chi connectivity index (χ1n) is 4.97. The number of aromatic nitrogens is 1. The summed E-state index contributed by atoms with van der Waals surface area (Å²) < 4.78 is 15.8. The fraction of sp³-hybridized carbons (Fsp3) is 0.0833. The van der Waals surface area contributed by atoms with E-state index in [1.165, 1.54) is 16.7 Å². The number of carbonyl (C=O) groups is 1. The van der Waals surface area contributed by atoms with Crippen molar-refractivity contribution in [2.24, 2.45) is 0 Å². The molecule has 0 bridgehead atoms. The van der Waals surface area contributed by atoms with Gasteiger partial charge in [0.05, 0.1) is 10.2 Å². The van der Waals surface area contributed by atoms with Gasteiger partial charge in [0.2, 0.25) is 0 Å². The summed E-state index contributed by atoms with van der Waals surface area (Å²) in [6.45, 7) is 1.73. The van der Waals surface area contributed by atoms with E-state index in [4.69, 9.17) is 5.11 Å². The highest BCUT2D eigenvalue weighted by atomic mass is 79.9. The molecule has 3 nitrogen and oxygen atoms in total. The first-order chi connectivity index (χ1) is 8.40. The number of hydrogen-bond acceptors (Lipinski definition) is 1. The van der Waals surface area contributed by atoms with Crippen molar-refractivity contribution < 1.29 is 14.3 Å². The number of aryl methyl sites for hydroxylation is 1. The third-order valence-electron chi connectivity index (χ3n) is 2.50. The Morgan fingerprint density at radius 1 is 1.33 bits per heavy atom. The molecule has 0 fully saturated rings. The maximum absolute atomic E-state index is 13.4. The topological polar surface area (TPSA) is 42.2 Å². The lowest BCUT2D eigenvalue weighted by Crippen LogP contribution is -2.07. The molecule has 6 heteroatoms. The predicted octanol–water partition coefficient (Wildman–Crippen LogP) is 4.15. The van der Waals surface area contributed by atoms with Crippen LogP contribution in [0.15, 0.2) is 33.3 Å². The van der Waals surface area contributed by atoms with E-state index in [0.29, 0.717) is 20.2 Å². The number of halogens is 3. The molecule has 0 radical (unpaired) electrons. The molecule has 0 amide bonds. The molecule has 2 aromatic rings. The molecule has 0 saturated heterocycles. The highest BCUT2D eigenvalue weighted by Crippen LogP contribution is 2.27. The van der Waals surface area contributed by atoms with Crippen LogP contribution in [0.2, 0.25) is 0 Å². The van der Waals surface area contributed by atoms with E-state index in [1.807, 2.05) is 0 Å². The van der Waals surface area contributed by atoms with Gasteiger partial charge in [-0.05, 0) is 62.5 Å². The number of carboxylic acids is 1. The number of hydrogen-bond donors (Lipinski definition) is 1. The second kappa shape index (κ2) is 4.85. The molecule has 1 heterocycles. The Labute approximate surface area is 119 Å². The summed E-state index contributed by atoms with van der Waals surface area (Å²) >= 11 is 6.33. The fourth-order valence-electron chi connectivity index (χ4n) is 1.69. The van der Waals surface area contributed by atoms with E-state index in [0.717, 1.165) is 0 Å². The molecule has 0 aliphatic rings. The SMILES string of the molecule is Cc1cc(F)c(Br)cc1-n1cc(Br)cc1C(=O)O. The van der Waals surface area contributed by atoms with E-state index >= 15 is 0 Å². The van der Waals surface area contributed by atoms with E-state index in [9.17, 15) is 9.18 Å². The number of carboxylic acid groups (broad SMARTS) is 1. The van der Waals surface area contributed by atoms with Crippen LogP contribution in [0.4, 0.5) is 4.39 Å². The van der Waals surface area contributed by atoms with E-state index in [-0.39, 0.29) is 11.5 Å². The van der Waals surface area contributed by atoms with Gasteiger partial charge >= 0.3 is 5.97 Å². The second-order valence-electron chi connectivity index (χ2n) is 3.77. The average Bonchev–Trinajstić information content (AvgIpc) is 2.65. The van der Waals surface area contributed by atoms with Gasteiger partial charge in [-0.3, -0.25) is 0 Å². The number of rotatable bonds is 2. The van der Waals surface area contributed by atoms with Gasteiger partial charge in [-0.2, -0.15) is 0 Å². The molecule has 0 spiro atoms. The molecule has 1 N–H and O–H groups in total. The number of aromatic carboxylic acids is 1. The first kappa shape index (κ1) is 13.3. The smallest absolute Gasteiger partial charge is 0.352 e. The van der Waals surface area contributed by atoms with Gasteiger partial charge in [-0.15, -0.1) is 0 Å². The molecule has 94 valence electrons.